The maximum atomic E-state index is 11.9. The number of aliphatic carboxylic acids is 1. The van der Waals surface area contributed by atoms with Crippen LogP contribution >= 0.6 is 11.3 Å². The summed E-state index contributed by atoms with van der Waals surface area (Å²) in [5, 5.41) is 15.3. The van der Waals surface area contributed by atoms with Gasteiger partial charge in [-0.05, 0) is 58.6 Å². The van der Waals surface area contributed by atoms with Gasteiger partial charge in [-0.3, -0.25) is 4.79 Å². The summed E-state index contributed by atoms with van der Waals surface area (Å²) in [5.41, 5.74) is 3.42. The predicted octanol–water partition coefficient (Wildman–Crippen LogP) is 3.34. The van der Waals surface area contributed by atoms with Crippen LogP contribution in [0.3, 0.4) is 0 Å². The number of nitrogens with one attached hydrogen (secondary N) is 1. The van der Waals surface area contributed by atoms with Crippen molar-refractivity contribution in [2.24, 2.45) is 0 Å². The van der Waals surface area contributed by atoms with E-state index in [0.29, 0.717) is 12.1 Å². The molecule has 0 aliphatic carbocycles. The zero-order chi connectivity index (χ0) is 15.2. The first-order chi connectivity index (χ1) is 10.0. The number of amides is 1. The van der Waals surface area contributed by atoms with Crippen LogP contribution in [0.2, 0.25) is 0 Å². The second-order valence-electron chi connectivity index (χ2n) is 4.60. The smallest absolute Gasteiger partial charge is 0.328 e. The van der Waals surface area contributed by atoms with Crippen molar-refractivity contribution in [3.63, 3.8) is 0 Å². The molecule has 0 fully saturated rings. The van der Waals surface area contributed by atoms with Crippen molar-refractivity contribution in [2.75, 3.05) is 5.32 Å². The fraction of sp³-hybridized carbons (Fsp3) is 0.125. The monoisotopic (exact) mass is 301 g/mol. The zero-order valence-corrected chi connectivity index (χ0v) is 12.3. The van der Waals surface area contributed by atoms with Gasteiger partial charge < -0.3 is 10.4 Å². The van der Waals surface area contributed by atoms with E-state index in [1.165, 1.54) is 6.08 Å². The second kappa shape index (κ2) is 6.85. The molecule has 1 heterocycles. The van der Waals surface area contributed by atoms with Gasteiger partial charge in [-0.2, -0.15) is 11.3 Å². The van der Waals surface area contributed by atoms with Crippen molar-refractivity contribution in [1.82, 2.24) is 0 Å². The van der Waals surface area contributed by atoms with Crippen LogP contribution in [-0.4, -0.2) is 17.0 Å². The molecule has 0 saturated heterocycles. The molecule has 0 atom stereocenters. The van der Waals surface area contributed by atoms with E-state index in [2.05, 4.69) is 5.32 Å². The number of carbonyl (C=O) groups excluding carboxylic acids is 1. The molecular formula is C16H15NO3S. The minimum absolute atomic E-state index is 0.0679. The summed E-state index contributed by atoms with van der Waals surface area (Å²) in [6.45, 7) is 1.87. The molecule has 1 amide bonds. The third-order valence-corrected chi connectivity index (χ3v) is 3.64. The largest absolute Gasteiger partial charge is 0.478 e. The number of rotatable bonds is 5. The molecule has 0 unspecified atom stereocenters. The molecule has 0 bridgehead atoms. The predicted molar refractivity (Wildman–Crippen MR) is 84.5 cm³/mol. The first-order valence-electron chi connectivity index (χ1n) is 6.37. The number of aryl methyl sites for hydroxylation is 1. The van der Waals surface area contributed by atoms with Crippen molar-refractivity contribution >= 4 is 35.0 Å². The van der Waals surface area contributed by atoms with E-state index in [1.807, 2.05) is 29.8 Å². The second-order valence-corrected chi connectivity index (χ2v) is 5.38. The van der Waals surface area contributed by atoms with Crippen LogP contribution in [0, 0.1) is 6.92 Å². The van der Waals surface area contributed by atoms with E-state index >= 15 is 0 Å². The molecule has 2 aromatic rings. The Morgan fingerprint density at radius 1 is 1.33 bits per heavy atom. The highest BCUT2D eigenvalue weighted by Gasteiger charge is 2.05. The zero-order valence-electron chi connectivity index (χ0n) is 11.5. The molecule has 1 aromatic heterocycles. The number of hydrogen-bond acceptors (Lipinski definition) is 3. The molecule has 21 heavy (non-hydrogen) atoms. The highest BCUT2D eigenvalue weighted by atomic mass is 32.1. The summed E-state index contributed by atoms with van der Waals surface area (Å²) < 4.78 is 0. The normalized spacial score (nSPS) is 10.7. The van der Waals surface area contributed by atoms with E-state index in [4.69, 9.17) is 5.11 Å². The van der Waals surface area contributed by atoms with E-state index in [1.54, 1.807) is 23.5 Å². The van der Waals surface area contributed by atoms with E-state index < -0.39 is 5.97 Å². The molecule has 4 nitrogen and oxygen atoms in total. The number of carboxylic acid groups (broad SMARTS) is 1. The molecule has 5 heteroatoms. The van der Waals surface area contributed by atoms with Crippen molar-refractivity contribution in [2.45, 2.75) is 13.3 Å². The number of carboxylic acids is 1. The minimum Gasteiger partial charge on any atom is -0.478 e. The number of carbonyl (C=O) groups is 2. The van der Waals surface area contributed by atoms with Gasteiger partial charge in [0.25, 0.3) is 0 Å². The Bertz CT molecular complexity index is 675. The average Bonchev–Trinajstić information content (AvgIpc) is 2.90. The van der Waals surface area contributed by atoms with Crippen LogP contribution in [0.5, 0.6) is 0 Å². The van der Waals surface area contributed by atoms with Crippen LogP contribution in [0.4, 0.5) is 5.69 Å². The Labute approximate surface area is 126 Å². The van der Waals surface area contributed by atoms with Crippen molar-refractivity contribution in [3.05, 3.63) is 57.8 Å². The number of benzene rings is 1. The van der Waals surface area contributed by atoms with Crippen molar-refractivity contribution in [3.8, 4) is 0 Å². The molecule has 0 aliphatic rings. The Morgan fingerprint density at radius 2 is 2.14 bits per heavy atom. The molecule has 2 rings (SSSR count). The van der Waals surface area contributed by atoms with Gasteiger partial charge in [-0.1, -0.05) is 6.07 Å². The van der Waals surface area contributed by atoms with Crippen molar-refractivity contribution < 1.29 is 14.7 Å². The Balaban J connectivity index is 2.03. The standard InChI is InChI=1S/C16H15NO3S/c1-11-8-14(4-2-13(11)3-5-16(19)20)17-15(18)9-12-6-7-21-10-12/h2-8,10H,9H2,1H3,(H,17,18)(H,19,20). The lowest BCUT2D eigenvalue weighted by molar-refractivity contribution is -0.131. The SMILES string of the molecule is Cc1cc(NC(=O)Cc2ccsc2)ccc1C=CC(=O)O. The fourth-order valence-corrected chi connectivity index (χ4v) is 2.55. The number of thiophene rings is 1. The lowest BCUT2D eigenvalue weighted by Crippen LogP contribution is -2.14. The lowest BCUT2D eigenvalue weighted by atomic mass is 10.1. The van der Waals surface area contributed by atoms with Gasteiger partial charge in [-0.15, -0.1) is 0 Å². The molecular weight excluding hydrogens is 286 g/mol. The van der Waals surface area contributed by atoms with Crippen LogP contribution in [0.15, 0.2) is 41.1 Å². The quantitative estimate of drug-likeness (QED) is 0.832. The summed E-state index contributed by atoms with van der Waals surface area (Å²) in [6.07, 6.45) is 2.98. The van der Waals surface area contributed by atoms with Crippen LogP contribution in [0.25, 0.3) is 6.08 Å². The van der Waals surface area contributed by atoms with E-state index in [-0.39, 0.29) is 5.91 Å². The van der Waals surface area contributed by atoms with Gasteiger partial charge in [0.05, 0.1) is 6.42 Å². The summed E-state index contributed by atoms with van der Waals surface area (Å²) in [4.78, 5) is 22.4. The van der Waals surface area contributed by atoms with Crippen molar-refractivity contribution in [1.29, 1.82) is 0 Å². The topological polar surface area (TPSA) is 66.4 Å². The van der Waals surface area contributed by atoms with Gasteiger partial charge in [0.1, 0.15) is 0 Å². The third kappa shape index (κ3) is 4.57. The number of hydrogen-bond donors (Lipinski definition) is 2. The molecule has 2 N–H and O–H groups in total. The van der Waals surface area contributed by atoms with Gasteiger partial charge in [0.15, 0.2) is 0 Å². The van der Waals surface area contributed by atoms with Gasteiger partial charge in [0.2, 0.25) is 5.91 Å². The lowest BCUT2D eigenvalue weighted by Gasteiger charge is -2.07. The Morgan fingerprint density at radius 3 is 2.76 bits per heavy atom. The third-order valence-electron chi connectivity index (χ3n) is 2.90. The van der Waals surface area contributed by atoms with Crippen LogP contribution in [0.1, 0.15) is 16.7 Å². The van der Waals surface area contributed by atoms with Gasteiger partial charge in [0, 0.05) is 11.8 Å². The van der Waals surface area contributed by atoms with E-state index in [0.717, 1.165) is 22.8 Å². The van der Waals surface area contributed by atoms with E-state index in [9.17, 15) is 9.59 Å². The van der Waals surface area contributed by atoms with Crippen LogP contribution < -0.4 is 5.32 Å². The molecule has 0 spiro atoms. The summed E-state index contributed by atoms with van der Waals surface area (Å²) in [6, 6.07) is 7.30. The molecule has 0 saturated carbocycles. The average molecular weight is 301 g/mol. The highest BCUT2D eigenvalue weighted by molar-refractivity contribution is 7.08. The highest BCUT2D eigenvalue weighted by Crippen LogP contribution is 2.17. The first-order valence-corrected chi connectivity index (χ1v) is 7.31. The minimum atomic E-state index is -0.984. The molecule has 1 aromatic carbocycles. The maximum Gasteiger partial charge on any atom is 0.328 e. The van der Waals surface area contributed by atoms with Gasteiger partial charge in [-0.25, -0.2) is 4.79 Å². The van der Waals surface area contributed by atoms with Gasteiger partial charge >= 0.3 is 5.97 Å². The summed E-state index contributed by atoms with van der Waals surface area (Å²) >= 11 is 1.56. The Hall–Kier alpha value is -2.40. The number of anilines is 1. The summed E-state index contributed by atoms with van der Waals surface area (Å²) in [7, 11) is 0. The molecule has 108 valence electrons. The Kier molecular flexibility index (Phi) is 4.90. The first kappa shape index (κ1) is 15.0. The summed E-state index contributed by atoms with van der Waals surface area (Å²) in [5.74, 6) is -1.05. The molecule has 0 aliphatic heterocycles. The van der Waals surface area contributed by atoms with Crippen LogP contribution in [-0.2, 0) is 16.0 Å². The fourth-order valence-electron chi connectivity index (χ4n) is 1.89. The maximum absolute atomic E-state index is 11.9. The molecule has 0 radical (unpaired) electrons.